The Morgan fingerprint density at radius 1 is 0.821 bits per heavy atom. The van der Waals surface area contributed by atoms with Gasteiger partial charge < -0.3 is 14.0 Å². The summed E-state index contributed by atoms with van der Waals surface area (Å²) in [5.41, 5.74) is 7.44. The molecule has 0 unspecified atom stereocenters. The average molecular weight is 370 g/mol. The van der Waals surface area contributed by atoms with Crippen LogP contribution in [-0.4, -0.2) is 34.2 Å². The fraction of sp³-hybridized carbons (Fsp3) is 0.360. The second-order valence-electron chi connectivity index (χ2n) is 8.84. The van der Waals surface area contributed by atoms with Crippen molar-refractivity contribution in [1.29, 1.82) is 0 Å². The molecular formula is C25H27N3. The van der Waals surface area contributed by atoms with Gasteiger partial charge in [0.2, 0.25) is 0 Å². The third-order valence-electron chi connectivity index (χ3n) is 7.09. The second kappa shape index (κ2) is 5.99. The molecule has 4 heterocycles. The van der Waals surface area contributed by atoms with E-state index in [-0.39, 0.29) is 0 Å². The third-order valence-corrected chi connectivity index (χ3v) is 7.09. The minimum atomic E-state index is 0.541. The standard InChI is InChI=1S/C25H27N3/c1-26-13-20(22-15-27(2)24-11-4-3-9-18(22)24)21(14-26)23-16-28-12-6-8-17-7-5-10-19(23)25(17)28/h3-5,7,9-11,15-16,20-21H,6,8,12-14H2,1-2H3/t20-,21+/m0/s1. The number of benzene rings is 2. The molecule has 1 saturated heterocycles. The third kappa shape index (κ3) is 2.26. The van der Waals surface area contributed by atoms with Crippen LogP contribution in [0.15, 0.2) is 54.9 Å². The zero-order valence-electron chi connectivity index (χ0n) is 16.7. The number of likely N-dealkylation sites (N-methyl/N-ethyl adjacent to an activating group) is 1. The maximum atomic E-state index is 2.53. The Balaban J connectivity index is 1.53. The molecule has 3 heteroatoms. The van der Waals surface area contributed by atoms with E-state index in [0.717, 1.165) is 19.6 Å². The summed E-state index contributed by atoms with van der Waals surface area (Å²) in [5, 5.41) is 2.91. The summed E-state index contributed by atoms with van der Waals surface area (Å²) in [6.07, 6.45) is 7.34. The van der Waals surface area contributed by atoms with Gasteiger partial charge >= 0.3 is 0 Å². The molecule has 0 bridgehead atoms. The van der Waals surface area contributed by atoms with E-state index in [1.165, 1.54) is 45.8 Å². The summed E-state index contributed by atoms with van der Waals surface area (Å²) in [4.78, 5) is 2.52. The Bertz CT molecular complexity index is 1200. The molecule has 2 aliphatic rings. The van der Waals surface area contributed by atoms with Gasteiger partial charge in [0.15, 0.2) is 0 Å². The number of fused-ring (bicyclic) bond motifs is 1. The van der Waals surface area contributed by atoms with Crippen LogP contribution in [0, 0.1) is 0 Å². The van der Waals surface area contributed by atoms with E-state index in [1.807, 2.05) is 0 Å². The molecule has 3 nitrogen and oxygen atoms in total. The summed E-state index contributed by atoms with van der Waals surface area (Å²) in [5.74, 6) is 1.09. The van der Waals surface area contributed by atoms with E-state index >= 15 is 0 Å². The molecule has 2 aliphatic heterocycles. The van der Waals surface area contributed by atoms with E-state index in [1.54, 1.807) is 5.56 Å². The maximum absolute atomic E-state index is 2.53. The van der Waals surface area contributed by atoms with Crippen LogP contribution < -0.4 is 0 Å². The first kappa shape index (κ1) is 16.4. The highest BCUT2D eigenvalue weighted by atomic mass is 15.1. The summed E-state index contributed by atoms with van der Waals surface area (Å²) < 4.78 is 4.83. The number of rotatable bonds is 2. The molecule has 4 aromatic rings. The minimum absolute atomic E-state index is 0.541. The number of hydrogen-bond acceptors (Lipinski definition) is 1. The zero-order chi connectivity index (χ0) is 18.8. The van der Waals surface area contributed by atoms with Gasteiger partial charge in [-0.1, -0.05) is 36.4 Å². The zero-order valence-corrected chi connectivity index (χ0v) is 16.7. The normalized spacial score (nSPS) is 22.5. The predicted octanol–water partition coefficient (Wildman–Crippen LogP) is 4.89. The van der Waals surface area contributed by atoms with Crippen LogP contribution in [0.3, 0.4) is 0 Å². The number of hydrogen-bond donors (Lipinski definition) is 0. The molecule has 0 radical (unpaired) electrons. The van der Waals surface area contributed by atoms with Crippen LogP contribution in [0.2, 0.25) is 0 Å². The van der Waals surface area contributed by atoms with E-state index < -0.39 is 0 Å². The molecule has 28 heavy (non-hydrogen) atoms. The Morgan fingerprint density at radius 2 is 1.57 bits per heavy atom. The van der Waals surface area contributed by atoms with Crippen LogP contribution in [0.25, 0.3) is 21.8 Å². The van der Waals surface area contributed by atoms with Gasteiger partial charge in [0, 0.05) is 67.2 Å². The van der Waals surface area contributed by atoms with E-state index in [0.29, 0.717) is 11.8 Å². The van der Waals surface area contributed by atoms with Gasteiger partial charge in [-0.25, -0.2) is 0 Å². The smallest absolute Gasteiger partial charge is 0.0515 e. The van der Waals surface area contributed by atoms with Crippen molar-refractivity contribution in [2.75, 3.05) is 20.1 Å². The largest absolute Gasteiger partial charge is 0.350 e. The van der Waals surface area contributed by atoms with Gasteiger partial charge in [0.25, 0.3) is 0 Å². The topological polar surface area (TPSA) is 13.1 Å². The predicted molar refractivity (Wildman–Crippen MR) is 116 cm³/mol. The van der Waals surface area contributed by atoms with Crippen molar-refractivity contribution in [2.24, 2.45) is 7.05 Å². The average Bonchev–Trinajstić information content (AvgIpc) is 3.37. The minimum Gasteiger partial charge on any atom is -0.350 e. The van der Waals surface area contributed by atoms with Crippen LogP contribution >= 0.6 is 0 Å². The summed E-state index contributed by atoms with van der Waals surface area (Å²) in [6, 6.07) is 15.8. The van der Waals surface area contributed by atoms with Crippen molar-refractivity contribution in [2.45, 2.75) is 31.2 Å². The van der Waals surface area contributed by atoms with Gasteiger partial charge in [0.1, 0.15) is 0 Å². The maximum Gasteiger partial charge on any atom is 0.0515 e. The van der Waals surface area contributed by atoms with E-state index in [2.05, 4.69) is 83.0 Å². The molecule has 0 aliphatic carbocycles. The SMILES string of the molecule is CN1C[C@H](c2cn(C)c3ccccc23)[C@H](c2cn3c4c(cccc24)CCC3)C1. The Labute approximate surface area is 166 Å². The molecular weight excluding hydrogens is 342 g/mol. The van der Waals surface area contributed by atoms with E-state index in [4.69, 9.17) is 0 Å². The summed E-state index contributed by atoms with van der Waals surface area (Å²) in [7, 11) is 4.46. The van der Waals surface area contributed by atoms with Crippen molar-refractivity contribution in [3.8, 4) is 0 Å². The lowest BCUT2D eigenvalue weighted by Crippen LogP contribution is -2.13. The molecule has 0 amide bonds. The fourth-order valence-corrected chi connectivity index (χ4v) is 5.88. The Hall–Kier alpha value is -2.52. The van der Waals surface area contributed by atoms with Gasteiger partial charge in [-0.05, 0) is 42.6 Å². The Kier molecular flexibility index (Phi) is 3.51. The fourth-order valence-electron chi connectivity index (χ4n) is 5.88. The lowest BCUT2D eigenvalue weighted by atomic mass is 9.83. The molecule has 0 N–H and O–H groups in total. The highest BCUT2D eigenvalue weighted by molar-refractivity contribution is 5.89. The molecule has 2 aromatic carbocycles. The highest BCUT2D eigenvalue weighted by Crippen LogP contribution is 2.45. The first-order valence-electron chi connectivity index (χ1n) is 10.5. The monoisotopic (exact) mass is 369 g/mol. The van der Waals surface area contributed by atoms with Crippen molar-refractivity contribution in [3.05, 3.63) is 71.5 Å². The summed E-state index contributed by atoms with van der Waals surface area (Å²) in [6.45, 7) is 3.43. The van der Waals surface area contributed by atoms with Gasteiger partial charge in [0.05, 0.1) is 5.52 Å². The van der Waals surface area contributed by atoms with Gasteiger partial charge in [-0.15, -0.1) is 0 Å². The number of aryl methyl sites for hydroxylation is 3. The molecule has 6 rings (SSSR count). The number of nitrogens with zero attached hydrogens (tertiary/aromatic N) is 3. The first-order valence-corrected chi connectivity index (χ1v) is 10.5. The quantitative estimate of drug-likeness (QED) is 0.490. The van der Waals surface area contributed by atoms with Crippen molar-refractivity contribution >= 4 is 21.8 Å². The van der Waals surface area contributed by atoms with E-state index in [9.17, 15) is 0 Å². The Morgan fingerprint density at radius 3 is 2.43 bits per heavy atom. The van der Waals surface area contributed by atoms with Crippen LogP contribution in [0.1, 0.15) is 34.9 Å². The summed E-state index contributed by atoms with van der Waals surface area (Å²) >= 11 is 0. The van der Waals surface area contributed by atoms with Gasteiger partial charge in [-0.3, -0.25) is 0 Å². The molecule has 2 aromatic heterocycles. The van der Waals surface area contributed by atoms with Crippen LogP contribution in [0.4, 0.5) is 0 Å². The van der Waals surface area contributed by atoms with Crippen LogP contribution in [0.5, 0.6) is 0 Å². The number of likely N-dealkylation sites (tertiary alicyclic amines) is 1. The highest BCUT2D eigenvalue weighted by Gasteiger charge is 2.36. The number of para-hydroxylation sites is 2. The van der Waals surface area contributed by atoms with Crippen molar-refractivity contribution < 1.29 is 0 Å². The first-order chi connectivity index (χ1) is 13.7. The van der Waals surface area contributed by atoms with Gasteiger partial charge in [-0.2, -0.15) is 0 Å². The molecule has 0 spiro atoms. The van der Waals surface area contributed by atoms with Crippen LogP contribution in [-0.2, 0) is 20.0 Å². The van der Waals surface area contributed by atoms with Crippen molar-refractivity contribution in [3.63, 3.8) is 0 Å². The molecule has 0 saturated carbocycles. The lowest BCUT2D eigenvalue weighted by Gasteiger charge is -2.18. The molecule has 2 atom stereocenters. The second-order valence-corrected chi connectivity index (χ2v) is 8.84. The van der Waals surface area contributed by atoms with Crippen molar-refractivity contribution in [1.82, 2.24) is 14.0 Å². The molecule has 142 valence electrons. The lowest BCUT2D eigenvalue weighted by molar-refractivity contribution is 0.408. The molecule has 1 fully saturated rings. The number of aromatic nitrogens is 2.